The summed E-state index contributed by atoms with van der Waals surface area (Å²) in [5.41, 5.74) is 0. The quantitative estimate of drug-likeness (QED) is 0.473. The number of carbonyl (C=O) groups excluding carboxylic acids is 1. The summed E-state index contributed by atoms with van der Waals surface area (Å²) in [6.07, 6.45) is 5.48. The van der Waals surface area contributed by atoms with Crippen molar-refractivity contribution in [1.82, 2.24) is 4.90 Å². The van der Waals surface area contributed by atoms with Crippen molar-refractivity contribution in [3.63, 3.8) is 0 Å². The Morgan fingerprint density at radius 3 is 2.72 bits per heavy atom. The van der Waals surface area contributed by atoms with E-state index in [1.165, 1.54) is 6.42 Å². The molecule has 6 heteroatoms. The Hall–Kier alpha value is -0.970. The standard InChI is InChI=1S/C19H27Cl2NO3/c1-22(2)13-14-6-3-4-7-17(14)25-19(23)8-5-11-24-18-10-9-15(20)12-16(18)21/h9-10,12,14,17H,3-8,11,13H2,1-2H3/t14-,17-/m0/s1. The van der Waals surface area contributed by atoms with Crippen LogP contribution in [0.25, 0.3) is 0 Å². The summed E-state index contributed by atoms with van der Waals surface area (Å²) >= 11 is 11.9. The molecule has 2 atom stereocenters. The topological polar surface area (TPSA) is 38.8 Å². The third kappa shape index (κ3) is 7.04. The first-order valence-corrected chi connectivity index (χ1v) is 9.63. The fourth-order valence-electron chi connectivity index (χ4n) is 3.23. The number of esters is 1. The Kier molecular flexibility index (Phi) is 8.34. The molecule has 0 saturated heterocycles. The monoisotopic (exact) mass is 387 g/mol. The summed E-state index contributed by atoms with van der Waals surface area (Å²) in [5.74, 6) is 0.885. The van der Waals surface area contributed by atoms with Gasteiger partial charge in [-0.3, -0.25) is 4.79 Å². The minimum Gasteiger partial charge on any atom is -0.492 e. The largest absolute Gasteiger partial charge is 0.492 e. The van der Waals surface area contributed by atoms with Gasteiger partial charge in [-0.1, -0.05) is 29.6 Å². The maximum absolute atomic E-state index is 12.1. The lowest BCUT2D eigenvalue weighted by Crippen LogP contribution is -2.36. The first kappa shape index (κ1) is 20.3. The van der Waals surface area contributed by atoms with Crippen molar-refractivity contribution in [2.24, 2.45) is 5.92 Å². The van der Waals surface area contributed by atoms with E-state index in [0.717, 1.165) is 25.8 Å². The van der Waals surface area contributed by atoms with Gasteiger partial charge in [0, 0.05) is 23.9 Å². The van der Waals surface area contributed by atoms with Crippen molar-refractivity contribution in [2.45, 2.75) is 44.6 Å². The van der Waals surface area contributed by atoms with Crippen molar-refractivity contribution < 1.29 is 14.3 Å². The number of hydrogen-bond donors (Lipinski definition) is 0. The van der Waals surface area contributed by atoms with Gasteiger partial charge in [-0.05, 0) is 58.0 Å². The second-order valence-electron chi connectivity index (χ2n) is 6.86. The number of ether oxygens (including phenoxy) is 2. The third-order valence-electron chi connectivity index (χ3n) is 4.40. The van der Waals surface area contributed by atoms with Gasteiger partial charge in [0.1, 0.15) is 11.9 Å². The van der Waals surface area contributed by atoms with Gasteiger partial charge in [0.05, 0.1) is 11.6 Å². The Labute approximate surface area is 160 Å². The Morgan fingerprint density at radius 2 is 2.00 bits per heavy atom. The molecule has 0 N–H and O–H groups in total. The van der Waals surface area contributed by atoms with Crippen LogP contribution in [0.5, 0.6) is 5.75 Å². The molecule has 140 valence electrons. The van der Waals surface area contributed by atoms with Gasteiger partial charge in [-0.15, -0.1) is 0 Å². The molecule has 1 saturated carbocycles. The van der Waals surface area contributed by atoms with E-state index in [1.54, 1.807) is 18.2 Å². The maximum Gasteiger partial charge on any atom is 0.306 e. The van der Waals surface area contributed by atoms with Crippen LogP contribution in [0.15, 0.2) is 18.2 Å². The van der Waals surface area contributed by atoms with E-state index in [-0.39, 0.29) is 12.1 Å². The summed E-state index contributed by atoms with van der Waals surface area (Å²) in [6.45, 7) is 1.39. The highest BCUT2D eigenvalue weighted by molar-refractivity contribution is 6.35. The molecule has 0 radical (unpaired) electrons. The van der Waals surface area contributed by atoms with Gasteiger partial charge >= 0.3 is 5.97 Å². The smallest absolute Gasteiger partial charge is 0.306 e. The molecular formula is C19H27Cl2NO3. The highest BCUT2D eigenvalue weighted by atomic mass is 35.5. The van der Waals surface area contributed by atoms with Crippen molar-refractivity contribution >= 4 is 29.2 Å². The number of nitrogens with zero attached hydrogens (tertiary/aromatic N) is 1. The van der Waals surface area contributed by atoms with E-state index in [4.69, 9.17) is 32.7 Å². The van der Waals surface area contributed by atoms with Gasteiger partial charge in [-0.25, -0.2) is 0 Å². The molecule has 0 aliphatic heterocycles. The fraction of sp³-hybridized carbons (Fsp3) is 0.632. The van der Waals surface area contributed by atoms with Gasteiger partial charge in [-0.2, -0.15) is 0 Å². The summed E-state index contributed by atoms with van der Waals surface area (Å²) in [5, 5.41) is 1.05. The lowest BCUT2D eigenvalue weighted by Gasteiger charge is -2.32. The van der Waals surface area contributed by atoms with Crippen LogP contribution < -0.4 is 4.74 Å². The van der Waals surface area contributed by atoms with E-state index in [9.17, 15) is 4.79 Å². The van der Waals surface area contributed by atoms with Gasteiger partial charge < -0.3 is 14.4 Å². The minimum absolute atomic E-state index is 0.0512. The highest BCUT2D eigenvalue weighted by Gasteiger charge is 2.28. The SMILES string of the molecule is CN(C)C[C@@H]1CCCC[C@@H]1OC(=O)CCCOc1ccc(Cl)cc1Cl. The van der Waals surface area contributed by atoms with Crippen LogP contribution in [0.3, 0.4) is 0 Å². The Bertz CT molecular complexity index is 566. The zero-order chi connectivity index (χ0) is 18.2. The average molecular weight is 388 g/mol. The fourth-order valence-corrected chi connectivity index (χ4v) is 3.69. The molecule has 0 unspecified atom stereocenters. The molecule has 0 aromatic heterocycles. The summed E-state index contributed by atoms with van der Waals surface area (Å²) in [6, 6.07) is 5.10. The van der Waals surface area contributed by atoms with Crippen LogP contribution in [0.2, 0.25) is 10.0 Å². The number of halogens is 2. The Morgan fingerprint density at radius 1 is 1.24 bits per heavy atom. The molecule has 0 bridgehead atoms. The number of hydrogen-bond acceptors (Lipinski definition) is 4. The van der Waals surface area contributed by atoms with Gasteiger partial charge in [0.2, 0.25) is 0 Å². The van der Waals surface area contributed by atoms with Gasteiger partial charge in [0.15, 0.2) is 0 Å². The molecule has 1 aliphatic carbocycles. The van der Waals surface area contributed by atoms with Gasteiger partial charge in [0.25, 0.3) is 0 Å². The van der Waals surface area contributed by atoms with Crippen LogP contribution in [-0.2, 0) is 9.53 Å². The average Bonchev–Trinajstić information content (AvgIpc) is 2.54. The van der Waals surface area contributed by atoms with Crippen LogP contribution >= 0.6 is 23.2 Å². The second kappa shape index (κ2) is 10.2. The summed E-state index contributed by atoms with van der Waals surface area (Å²) in [7, 11) is 4.12. The molecule has 1 aromatic rings. The van der Waals surface area contributed by atoms with Crippen molar-refractivity contribution in [2.75, 3.05) is 27.2 Å². The predicted molar refractivity (Wildman–Crippen MR) is 102 cm³/mol. The number of carbonyl (C=O) groups is 1. The number of benzene rings is 1. The van der Waals surface area contributed by atoms with E-state index in [0.29, 0.717) is 41.2 Å². The minimum atomic E-state index is -0.138. The third-order valence-corrected chi connectivity index (χ3v) is 4.93. The van der Waals surface area contributed by atoms with Crippen LogP contribution in [0.4, 0.5) is 0 Å². The maximum atomic E-state index is 12.1. The molecule has 1 aliphatic rings. The van der Waals surface area contributed by atoms with E-state index < -0.39 is 0 Å². The van der Waals surface area contributed by atoms with Crippen molar-refractivity contribution in [1.29, 1.82) is 0 Å². The molecule has 1 aromatic carbocycles. The molecule has 25 heavy (non-hydrogen) atoms. The first-order chi connectivity index (χ1) is 12.0. The lowest BCUT2D eigenvalue weighted by atomic mass is 9.86. The zero-order valence-corrected chi connectivity index (χ0v) is 16.5. The normalized spacial score (nSPS) is 20.5. The summed E-state index contributed by atoms with van der Waals surface area (Å²) < 4.78 is 11.3. The molecule has 2 rings (SSSR count). The zero-order valence-electron chi connectivity index (χ0n) is 15.0. The molecule has 0 heterocycles. The molecule has 1 fully saturated rings. The van der Waals surface area contributed by atoms with E-state index >= 15 is 0 Å². The summed E-state index contributed by atoms with van der Waals surface area (Å²) in [4.78, 5) is 14.3. The highest BCUT2D eigenvalue weighted by Crippen LogP contribution is 2.29. The molecular weight excluding hydrogens is 361 g/mol. The molecule has 4 nitrogen and oxygen atoms in total. The molecule has 0 amide bonds. The second-order valence-corrected chi connectivity index (χ2v) is 7.71. The van der Waals surface area contributed by atoms with Crippen LogP contribution in [0, 0.1) is 5.92 Å². The van der Waals surface area contributed by atoms with Crippen LogP contribution in [-0.4, -0.2) is 44.2 Å². The predicted octanol–water partition coefficient (Wildman–Crippen LogP) is 4.82. The van der Waals surface area contributed by atoms with E-state index in [1.807, 2.05) is 0 Å². The Balaban J connectivity index is 1.70. The van der Waals surface area contributed by atoms with Crippen molar-refractivity contribution in [3.05, 3.63) is 28.2 Å². The lowest BCUT2D eigenvalue weighted by molar-refractivity contribution is -0.154. The van der Waals surface area contributed by atoms with E-state index in [2.05, 4.69) is 19.0 Å². The molecule has 0 spiro atoms. The first-order valence-electron chi connectivity index (χ1n) is 8.88. The van der Waals surface area contributed by atoms with Crippen LogP contribution in [0.1, 0.15) is 38.5 Å². The van der Waals surface area contributed by atoms with Crippen molar-refractivity contribution in [3.8, 4) is 5.75 Å². The number of rotatable bonds is 8.